The monoisotopic (exact) mass is 221 g/mol. The fourth-order valence-corrected chi connectivity index (χ4v) is 1.60. The molecule has 2 aromatic heterocycles. The van der Waals surface area contributed by atoms with Gasteiger partial charge in [-0.25, -0.2) is 4.98 Å². The number of aryl methyl sites for hydroxylation is 1. The van der Waals surface area contributed by atoms with Crippen molar-refractivity contribution < 1.29 is 5.11 Å². The lowest BCUT2D eigenvalue weighted by molar-refractivity contribution is 0.263. The van der Waals surface area contributed by atoms with Gasteiger partial charge in [-0.1, -0.05) is 0 Å². The molecule has 0 fully saturated rings. The Morgan fingerprint density at radius 1 is 1.56 bits per heavy atom. The van der Waals surface area contributed by atoms with E-state index in [2.05, 4.69) is 10.1 Å². The molecule has 0 aliphatic carbocycles. The molecule has 6 heteroatoms. The summed E-state index contributed by atoms with van der Waals surface area (Å²) in [5.41, 5.74) is 7.66. The van der Waals surface area contributed by atoms with Crippen LogP contribution in [-0.2, 0) is 13.6 Å². The van der Waals surface area contributed by atoms with Crippen LogP contribution in [0.4, 0.5) is 0 Å². The molecule has 0 saturated heterocycles. The lowest BCUT2D eigenvalue weighted by Gasteiger charge is -2.12. The molecular weight excluding hydrogens is 206 g/mol. The van der Waals surface area contributed by atoms with E-state index in [1.807, 2.05) is 17.7 Å². The smallest absolute Gasteiger partial charge is 0.0952 e. The van der Waals surface area contributed by atoms with Gasteiger partial charge in [-0.3, -0.25) is 4.68 Å². The minimum absolute atomic E-state index is 0.0862. The zero-order valence-corrected chi connectivity index (χ0v) is 9.11. The second-order valence-corrected chi connectivity index (χ2v) is 3.68. The van der Waals surface area contributed by atoms with E-state index >= 15 is 0 Å². The zero-order valence-electron chi connectivity index (χ0n) is 9.11. The number of nitrogens with two attached hydrogens (primary N) is 1. The number of aromatic nitrogens is 4. The van der Waals surface area contributed by atoms with E-state index < -0.39 is 6.04 Å². The van der Waals surface area contributed by atoms with Crippen LogP contribution in [0, 0.1) is 0 Å². The van der Waals surface area contributed by atoms with Crippen LogP contribution in [0.5, 0.6) is 0 Å². The van der Waals surface area contributed by atoms with Crippen molar-refractivity contribution in [1.29, 1.82) is 0 Å². The third-order valence-corrected chi connectivity index (χ3v) is 2.58. The van der Waals surface area contributed by atoms with Gasteiger partial charge in [-0.15, -0.1) is 0 Å². The van der Waals surface area contributed by atoms with Crippen molar-refractivity contribution in [3.05, 3.63) is 36.2 Å². The molecule has 1 unspecified atom stereocenters. The Kier molecular flexibility index (Phi) is 3.02. The topological polar surface area (TPSA) is 81.9 Å². The van der Waals surface area contributed by atoms with Gasteiger partial charge in [-0.2, -0.15) is 5.10 Å². The molecule has 16 heavy (non-hydrogen) atoms. The standard InChI is InChI=1S/C10H15N5O/c1-14-8(2-3-13-14)5-15-7-12-4-10(15)9(11)6-16/h2-4,7,9,16H,5-6,11H2,1H3. The summed E-state index contributed by atoms with van der Waals surface area (Å²) in [5, 5.41) is 13.1. The first-order valence-corrected chi connectivity index (χ1v) is 5.05. The number of imidazole rings is 1. The molecule has 0 amide bonds. The van der Waals surface area contributed by atoms with E-state index in [0.29, 0.717) is 6.54 Å². The molecule has 0 aliphatic rings. The Morgan fingerprint density at radius 2 is 2.38 bits per heavy atom. The van der Waals surface area contributed by atoms with Gasteiger partial charge in [-0.05, 0) is 6.07 Å². The fourth-order valence-electron chi connectivity index (χ4n) is 1.60. The Bertz CT molecular complexity index is 461. The average Bonchev–Trinajstić information content (AvgIpc) is 2.88. The highest BCUT2D eigenvalue weighted by molar-refractivity contribution is 5.09. The van der Waals surface area contributed by atoms with E-state index in [4.69, 9.17) is 10.8 Å². The van der Waals surface area contributed by atoms with Crippen LogP contribution < -0.4 is 5.73 Å². The van der Waals surface area contributed by atoms with Crippen molar-refractivity contribution in [2.75, 3.05) is 6.61 Å². The van der Waals surface area contributed by atoms with Gasteiger partial charge >= 0.3 is 0 Å². The van der Waals surface area contributed by atoms with Gasteiger partial charge in [0.15, 0.2) is 0 Å². The van der Waals surface area contributed by atoms with Crippen molar-refractivity contribution in [2.24, 2.45) is 12.8 Å². The van der Waals surface area contributed by atoms with Gasteiger partial charge in [0.05, 0.1) is 36.9 Å². The highest BCUT2D eigenvalue weighted by Crippen LogP contribution is 2.11. The summed E-state index contributed by atoms with van der Waals surface area (Å²) in [6.07, 6.45) is 5.13. The SMILES string of the molecule is Cn1nccc1Cn1cncc1C(N)CO. The highest BCUT2D eigenvalue weighted by atomic mass is 16.3. The van der Waals surface area contributed by atoms with Gasteiger partial charge in [0.25, 0.3) is 0 Å². The molecule has 0 saturated carbocycles. The second kappa shape index (κ2) is 4.46. The summed E-state index contributed by atoms with van der Waals surface area (Å²) in [7, 11) is 1.89. The number of aliphatic hydroxyl groups is 1. The number of aliphatic hydroxyl groups excluding tert-OH is 1. The molecule has 0 aromatic carbocycles. The Labute approximate surface area is 93.3 Å². The molecule has 0 aliphatic heterocycles. The summed E-state index contributed by atoms with van der Waals surface area (Å²) in [6, 6.07) is 1.55. The van der Waals surface area contributed by atoms with Crippen LogP contribution in [0.3, 0.4) is 0 Å². The summed E-state index contributed by atoms with van der Waals surface area (Å²) in [5.74, 6) is 0. The minimum atomic E-state index is -0.393. The number of nitrogens with zero attached hydrogens (tertiary/aromatic N) is 4. The Hall–Kier alpha value is -1.66. The van der Waals surface area contributed by atoms with Crippen molar-refractivity contribution in [2.45, 2.75) is 12.6 Å². The molecular formula is C10H15N5O. The van der Waals surface area contributed by atoms with Crippen molar-refractivity contribution >= 4 is 0 Å². The Balaban J connectivity index is 2.22. The fraction of sp³-hybridized carbons (Fsp3) is 0.400. The number of rotatable bonds is 4. The van der Waals surface area contributed by atoms with Crippen LogP contribution >= 0.6 is 0 Å². The first-order chi connectivity index (χ1) is 7.72. The predicted molar refractivity (Wildman–Crippen MR) is 58.6 cm³/mol. The van der Waals surface area contributed by atoms with Crippen LogP contribution in [0.1, 0.15) is 17.4 Å². The molecule has 0 bridgehead atoms. The van der Waals surface area contributed by atoms with E-state index in [9.17, 15) is 0 Å². The summed E-state index contributed by atoms with van der Waals surface area (Å²) in [6.45, 7) is 0.566. The summed E-state index contributed by atoms with van der Waals surface area (Å²) in [4.78, 5) is 4.04. The Morgan fingerprint density at radius 3 is 3.00 bits per heavy atom. The van der Waals surface area contributed by atoms with Crippen molar-refractivity contribution in [1.82, 2.24) is 19.3 Å². The number of hydrogen-bond donors (Lipinski definition) is 2. The molecule has 2 aromatic rings. The van der Waals surface area contributed by atoms with Crippen LogP contribution in [0.15, 0.2) is 24.8 Å². The first kappa shape index (κ1) is 10.8. The van der Waals surface area contributed by atoms with Gasteiger partial charge < -0.3 is 15.4 Å². The summed E-state index contributed by atoms with van der Waals surface area (Å²) < 4.78 is 3.71. The lowest BCUT2D eigenvalue weighted by atomic mass is 10.2. The third-order valence-electron chi connectivity index (χ3n) is 2.58. The van der Waals surface area contributed by atoms with Crippen LogP contribution in [0.25, 0.3) is 0 Å². The lowest BCUT2D eigenvalue weighted by Crippen LogP contribution is -2.19. The maximum absolute atomic E-state index is 9.03. The highest BCUT2D eigenvalue weighted by Gasteiger charge is 2.11. The molecule has 6 nitrogen and oxygen atoms in total. The molecule has 2 heterocycles. The van der Waals surface area contributed by atoms with Crippen molar-refractivity contribution in [3.8, 4) is 0 Å². The van der Waals surface area contributed by atoms with E-state index in [1.54, 1.807) is 23.4 Å². The quantitative estimate of drug-likeness (QED) is 0.739. The molecule has 3 N–H and O–H groups in total. The second-order valence-electron chi connectivity index (χ2n) is 3.68. The molecule has 1 atom stereocenters. The molecule has 0 spiro atoms. The van der Waals surface area contributed by atoms with Gasteiger partial charge in [0, 0.05) is 19.4 Å². The molecule has 2 rings (SSSR count). The zero-order chi connectivity index (χ0) is 11.5. The predicted octanol–water partition coefficient (Wildman–Crippen LogP) is -0.343. The average molecular weight is 221 g/mol. The maximum Gasteiger partial charge on any atom is 0.0952 e. The van der Waals surface area contributed by atoms with Gasteiger partial charge in [0.1, 0.15) is 0 Å². The summed E-state index contributed by atoms with van der Waals surface area (Å²) >= 11 is 0. The largest absolute Gasteiger partial charge is 0.394 e. The van der Waals surface area contributed by atoms with Crippen LogP contribution in [0.2, 0.25) is 0 Å². The molecule has 86 valence electrons. The van der Waals surface area contributed by atoms with E-state index in [-0.39, 0.29) is 6.61 Å². The maximum atomic E-state index is 9.03. The molecule has 0 radical (unpaired) electrons. The van der Waals surface area contributed by atoms with Crippen molar-refractivity contribution in [3.63, 3.8) is 0 Å². The minimum Gasteiger partial charge on any atom is -0.394 e. The van der Waals surface area contributed by atoms with E-state index in [1.165, 1.54) is 0 Å². The third kappa shape index (κ3) is 1.98. The van der Waals surface area contributed by atoms with E-state index in [0.717, 1.165) is 11.4 Å². The van der Waals surface area contributed by atoms with Crippen LogP contribution in [-0.4, -0.2) is 31.0 Å². The number of hydrogen-bond acceptors (Lipinski definition) is 4. The van der Waals surface area contributed by atoms with Gasteiger partial charge in [0.2, 0.25) is 0 Å². The normalized spacial score (nSPS) is 12.9. The first-order valence-electron chi connectivity index (χ1n) is 5.05.